The van der Waals surface area contributed by atoms with Crippen molar-refractivity contribution in [3.8, 4) is 0 Å². The Bertz CT molecular complexity index is 1460. The molecule has 8 fully saturated rings. The first-order chi connectivity index (χ1) is 25.5. The minimum Gasteiger partial charge on any atom is -0.394 e. The standard InChI is InChI=1S/C41H68O14/c1-35(2)24(54-33-29(48)26(45)20(44)17-51-33)9-11-41-18-40(41)13-12-37(5)31(39(7)10-8-25(55-39)36(3,4)50)19(43)15-38(37,6)23(40)14-21(32(35)41)52-34-30(49)28(47)27(46)22(16-42)53-34/h19-34,42-50H,8-18H2,1-7H3/t19-,20+,21-,22+,23+,24-,25+,26-,27+,28-,29+,30+,31-,32+,33-,34-,37+,38-,39+,40-,41+/m0/s1. The van der Waals surface area contributed by atoms with Crippen LogP contribution in [-0.2, 0) is 23.7 Å². The van der Waals surface area contributed by atoms with Gasteiger partial charge in [0.25, 0.3) is 0 Å². The van der Waals surface area contributed by atoms with Crippen molar-refractivity contribution in [3.05, 3.63) is 0 Å². The third-order valence-electron chi connectivity index (χ3n) is 17.6. The average molecular weight is 785 g/mol. The summed E-state index contributed by atoms with van der Waals surface area (Å²) >= 11 is 0. The van der Waals surface area contributed by atoms with E-state index >= 15 is 0 Å². The van der Waals surface area contributed by atoms with Crippen LogP contribution in [0.1, 0.15) is 106 Å². The zero-order valence-corrected chi connectivity index (χ0v) is 33.6. The van der Waals surface area contributed by atoms with E-state index in [1.54, 1.807) is 13.8 Å². The number of aliphatic hydroxyl groups is 9. The van der Waals surface area contributed by atoms with Crippen molar-refractivity contribution >= 4 is 0 Å². The molecule has 0 amide bonds. The SMILES string of the molecule is CC(C)(O)[C@H]1CC[C@](C)([C@H]2[C@@H](O)C[C@@]3(C)[C@H]4C[C@H](O[C@H]5O[C@H](CO)[C@@H](O)[C@H](O)[C@H]5O)[C@@H]5C(C)(C)[C@@H](O[C@@H]6OC[C@@H](O)[C@H](O)[C@H]6O)CC[C@@]56C[C@@]46CC[C@]23C)O1. The molecule has 8 rings (SSSR count). The van der Waals surface area contributed by atoms with Crippen molar-refractivity contribution in [3.63, 3.8) is 0 Å². The number of hydrogen-bond acceptors (Lipinski definition) is 14. The van der Waals surface area contributed by atoms with Crippen LogP contribution in [0.25, 0.3) is 0 Å². The summed E-state index contributed by atoms with van der Waals surface area (Å²) in [6, 6.07) is 0. The average Bonchev–Trinajstić information content (AvgIpc) is 3.47. The van der Waals surface area contributed by atoms with Crippen LogP contribution < -0.4 is 0 Å². The summed E-state index contributed by atoms with van der Waals surface area (Å²) in [5.41, 5.74) is -3.16. The second kappa shape index (κ2) is 13.2. The van der Waals surface area contributed by atoms with Gasteiger partial charge in [0.15, 0.2) is 12.6 Å². The van der Waals surface area contributed by atoms with Gasteiger partial charge < -0.3 is 69.6 Å². The molecule has 8 aliphatic rings. The minimum absolute atomic E-state index is 0.0633. The molecule has 0 aromatic carbocycles. The van der Waals surface area contributed by atoms with Gasteiger partial charge in [-0.2, -0.15) is 0 Å². The lowest BCUT2D eigenvalue weighted by atomic mass is 9.41. The van der Waals surface area contributed by atoms with Crippen molar-refractivity contribution in [1.82, 2.24) is 0 Å². The third-order valence-corrected chi connectivity index (χ3v) is 17.6. The van der Waals surface area contributed by atoms with Crippen molar-refractivity contribution < 1.29 is 69.6 Å². The van der Waals surface area contributed by atoms with Crippen molar-refractivity contribution in [1.29, 1.82) is 0 Å². The van der Waals surface area contributed by atoms with Crippen LogP contribution in [0.3, 0.4) is 0 Å². The largest absolute Gasteiger partial charge is 0.394 e. The Morgan fingerprint density at radius 1 is 0.709 bits per heavy atom. The molecule has 9 N–H and O–H groups in total. The van der Waals surface area contributed by atoms with Crippen LogP contribution in [0.15, 0.2) is 0 Å². The number of fused-ring (bicyclic) bond motifs is 2. The Hall–Kier alpha value is -0.560. The van der Waals surface area contributed by atoms with Gasteiger partial charge in [-0.1, -0.05) is 27.7 Å². The fraction of sp³-hybridized carbons (Fsp3) is 1.00. The van der Waals surface area contributed by atoms with Gasteiger partial charge in [0.2, 0.25) is 0 Å². The fourth-order valence-corrected chi connectivity index (χ4v) is 14.9. The number of hydrogen-bond donors (Lipinski definition) is 9. The Kier molecular flexibility index (Phi) is 9.90. The van der Waals surface area contributed by atoms with E-state index in [0.29, 0.717) is 25.7 Å². The summed E-state index contributed by atoms with van der Waals surface area (Å²) in [6.45, 7) is 13.8. The van der Waals surface area contributed by atoms with E-state index in [-0.39, 0.29) is 52.1 Å². The van der Waals surface area contributed by atoms with Crippen LogP contribution in [0.5, 0.6) is 0 Å². The molecule has 316 valence electrons. The first-order valence-electron chi connectivity index (χ1n) is 20.9. The molecule has 0 radical (unpaired) electrons. The molecule has 5 saturated carbocycles. The molecule has 0 aromatic heterocycles. The topological polar surface area (TPSA) is 228 Å². The van der Waals surface area contributed by atoms with Crippen molar-refractivity contribution in [2.24, 2.45) is 44.8 Å². The first kappa shape index (κ1) is 41.2. The minimum atomic E-state index is -1.60. The van der Waals surface area contributed by atoms with Gasteiger partial charge in [-0.05, 0) is 117 Å². The monoisotopic (exact) mass is 784 g/mol. The van der Waals surface area contributed by atoms with E-state index in [0.717, 1.165) is 32.1 Å². The summed E-state index contributed by atoms with van der Waals surface area (Å²) in [5.74, 6) is -0.215. The van der Waals surface area contributed by atoms with E-state index in [9.17, 15) is 46.0 Å². The molecule has 0 unspecified atom stereocenters. The number of ether oxygens (including phenoxy) is 5. The van der Waals surface area contributed by atoms with Gasteiger partial charge in [0.1, 0.15) is 42.7 Å². The molecule has 3 saturated heterocycles. The highest BCUT2D eigenvalue weighted by atomic mass is 16.7. The predicted molar refractivity (Wildman–Crippen MR) is 194 cm³/mol. The van der Waals surface area contributed by atoms with Gasteiger partial charge in [-0.25, -0.2) is 0 Å². The van der Waals surface area contributed by atoms with Crippen LogP contribution in [0, 0.1) is 44.8 Å². The predicted octanol–water partition coefficient (Wildman–Crippen LogP) is 0.724. The molecule has 0 aromatic rings. The van der Waals surface area contributed by atoms with E-state index in [1.807, 2.05) is 0 Å². The zero-order valence-electron chi connectivity index (χ0n) is 33.6. The van der Waals surface area contributed by atoms with E-state index in [2.05, 4.69) is 34.6 Å². The highest BCUT2D eigenvalue weighted by Crippen LogP contribution is 2.89. The normalized spacial score (nSPS) is 58.7. The maximum absolute atomic E-state index is 12.2. The Morgan fingerprint density at radius 2 is 1.40 bits per heavy atom. The molecule has 0 bridgehead atoms. The molecular weight excluding hydrogens is 716 g/mol. The Labute approximate surface area is 324 Å². The highest BCUT2D eigenvalue weighted by molar-refractivity contribution is 5.33. The van der Waals surface area contributed by atoms with Crippen molar-refractivity contribution in [2.45, 2.75) is 197 Å². The number of rotatable bonds is 7. The summed E-state index contributed by atoms with van der Waals surface area (Å²) in [6.07, 6.45) is -7.48. The molecule has 3 heterocycles. The van der Waals surface area contributed by atoms with Gasteiger partial charge >= 0.3 is 0 Å². The lowest BCUT2D eigenvalue weighted by molar-refractivity contribution is -0.339. The Balaban J connectivity index is 1.15. The lowest BCUT2D eigenvalue weighted by Crippen LogP contribution is -2.65. The highest BCUT2D eigenvalue weighted by Gasteiger charge is 2.85. The fourth-order valence-electron chi connectivity index (χ4n) is 14.9. The lowest BCUT2D eigenvalue weighted by Gasteiger charge is -2.65. The molecule has 55 heavy (non-hydrogen) atoms. The summed E-state index contributed by atoms with van der Waals surface area (Å²) in [7, 11) is 0. The van der Waals surface area contributed by atoms with E-state index in [1.165, 1.54) is 0 Å². The van der Waals surface area contributed by atoms with E-state index in [4.69, 9.17) is 23.7 Å². The second-order valence-corrected chi connectivity index (χ2v) is 21.1. The zero-order chi connectivity index (χ0) is 40.1. The second-order valence-electron chi connectivity index (χ2n) is 21.1. The molecule has 2 spiro atoms. The van der Waals surface area contributed by atoms with Crippen LogP contribution >= 0.6 is 0 Å². The molecule has 5 aliphatic carbocycles. The van der Waals surface area contributed by atoms with Gasteiger partial charge in [-0.15, -0.1) is 0 Å². The summed E-state index contributed by atoms with van der Waals surface area (Å²) < 4.78 is 31.9. The maximum atomic E-state index is 12.2. The Morgan fingerprint density at radius 3 is 2.05 bits per heavy atom. The quantitative estimate of drug-likeness (QED) is 0.162. The molecular formula is C41H68O14. The van der Waals surface area contributed by atoms with Crippen LogP contribution in [0.2, 0.25) is 0 Å². The van der Waals surface area contributed by atoms with Gasteiger partial charge in [0, 0.05) is 5.92 Å². The van der Waals surface area contributed by atoms with Crippen LogP contribution in [-0.4, -0.2) is 150 Å². The molecule has 14 nitrogen and oxygen atoms in total. The summed E-state index contributed by atoms with van der Waals surface area (Å²) in [5, 5.41) is 97.2. The summed E-state index contributed by atoms with van der Waals surface area (Å²) in [4.78, 5) is 0. The first-order valence-corrected chi connectivity index (χ1v) is 20.9. The third kappa shape index (κ3) is 5.70. The van der Waals surface area contributed by atoms with Crippen molar-refractivity contribution in [2.75, 3.05) is 13.2 Å². The number of aliphatic hydroxyl groups excluding tert-OH is 8. The molecule has 21 atom stereocenters. The van der Waals surface area contributed by atoms with Gasteiger partial charge in [-0.3, -0.25) is 0 Å². The smallest absolute Gasteiger partial charge is 0.186 e. The molecule has 14 heteroatoms. The molecule has 3 aliphatic heterocycles. The van der Waals surface area contributed by atoms with Crippen LogP contribution in [0.4, 0.5) is 0 Å². The van der Waals surface area contributed by atoms with E-state index < -0.39 is 96.8 Å². The van der Waals surface area contributed by atoms with Gasteiger partial charge in [0.05, 0.1) is 48.8 Å². The maximum Gasteiger partial charge on any atom is 0.186 e.